The Kier molecular flexibility index (Phi) is 3.51. The van der Waals surface area contributed by atoms with E-state index >= 15 is 0 Å². The molecule has 2 heterocycles. The van der Waals surface area contributed by atoms with Gasteiger partial charge in [0.2, 0.25) is 0 Å². The van der Waals surface area contributed by atoms with Crippen LogP contribution in [0.2, 0.25) is 0 Å². The van der Waals surface area contributed by atoms with Gasteiger partial charge in [-0.25, -0.2) is 19.3 Å². The van der Waals surface area contributed by atoms with Gasteiger partial charge < -0.3 is 9.84 Å². The molecule has 8 heteroatoms. The maximum Gasteiger partial charge on any atom is 0.356 e. The lowest BCUT2D eigenvalue weighted by atomic mass is 10.4. The first kappa shape index (κ1) is 12.7. The first-order valence-electron chi connectivity index (χ1n) is 5.39. The maximum atomic E-state index is 11.5. The number of esters is 1. The minimum atomic E-state index is -1.19. The zero-order valence-electron chi connectivity index (χ0n) is 9.98. The molecule has 98 valence electrons. The largest absolute Gasteiger partial charge is 0.476 e. The summed E-state index contributed by atoms with van der Waals surface area (Å²) in [6, 6.07) is 0. The van der Waals surface area contributed by atoms with E-state index in [2.05, 4.69) is 15.1 Å². The van der Waals surface area contributed by atoms with Crippen LogP contribution in [0.15, 0.2) is 24.8 Å². The SMILES string of the molecule is CCOC(=O)c1cnn(-c2cncc(C(=O)O)n2)c1. The van der Waals surface area contributed by atoms with Crippen LogP contribution in [-0.4, -0.2) is 43.4 Å². The van der Waals surface area contributed by atoms with E-state index in [0.717, 1.165) is 6.20 Å². The highest BCUT2D eigenvalue weighted by atomic mass is 16.5. The third kappa shape index (κ3) is 2.73. The lowest BCUT2D eigenvalue weighted by Gasteiger charge is -2.00. The molecule has 0 unspecified atom stereocenters. The molecule has 0 bridgehead atoms. The standard InChI is InChI=1S/C11H10N4O4/c1-2-19-11(18)7-3-13-15(6-7)9-5-12-4-8(14-9)10(16)17/h3-6H,2H2,1H3,(H,16,17). The third-order valence-corrected chi connectivity index (χ3v) is 2.17. The Bertz CT molecular complexity index is 623. The highest BCUT2D eigenvalue weighted by Gasteiger charge is 2.12. The van der Waals surface area contributed by atoms with Crippen LogP contribution in [0.1, 0.15) is 27.8 Å². The van der Waals surface area contributed by atoms with Gasteiger partial charge in [-0.3, -0.25) is 4.98 Å². The summed E-state index contributed by atoms with van der Waals surface area (Å²) >= 11 is 0. The molecule has 0 saturated carbocycles. The molecule has 0 aromatic carbocycles. The van der Waals surface area contributed by atoms with E-state index in [1.54, 1.807) is 6.92 Å². The average Bonchev–Trinajstić information content (AvgIpc) is 2.89. The number of carbonyl (C=O) groups excluding carboxylic acids is 1. The van der Waals surface area contributed by atoms with E-state index in [4.69, 9.17) is 9.84 Å². The summed E-state index contributed by atoms with van der Waals surface area (Å²) in [6.45, 7) is 1.96. The molecule has 0 aliphatic carbocycles. The number of hydrogen-bond acceptors (Lipinski definition) is 6. The fraction of sp³-hybridized carbons (Fsp3) is 0.182. The van der Waals surface area contributed by atoms with Crippen LogP contribution in [0.25, 0.3) is 5.82 Å². The molecule has 2 aromatic rings. The lowest BCUT2D eigenvalue weighted by molar-refractivity contribution is 0.0525. The van der Waals surface area contributed by atoms with Gasteiger partial charge >= 0.3 is 11.9 Å². The topological polar surface area (TPSA) is 107 Å². The van der Waals surface area contributed by atoms with Crippen molar-refractivity contribution in [3.05, 3.63) is 36.0 Å². The molecule has 0 aliphatic rings. The van der Waals surface area contributed by atoms with Crippen LogP contribution in [0.4, 0.5) is 0 Å². The number of carbonyl (C=O) groups is 2. The van der Waals surface area contributed by atoms with Crippen molar-refractivity contribution in [3.8, 4) is 5.82 Å². The van der Waals surface area contributed by atoms with Gasteiger partial charge in [-0.05, 0) is 6.92 Å². The minimum Gasteiger partial charge on any atom is -0.476 e. The number of ether oxygens (including phenoxy) is 1. The summed E-state index contributed by atoms with van der Waals surface area (Å²) in [5, 5.41) is 12.7. The highest BCUT2D eigenvalue weighted by Crippen LogP contribution is 2.06. The number of aromatic carboxylic acids is 1. The Balaban J connectivity index is 2.30. The fourth-order valence-electron chi connectivity index (χ4n) is 1.34. The Labute approximate surface area is 107 Å². The molecule has 0 atom stereocenters. The number of rotatable bonds is 4. The monoisotopic (exact) mass is 262 g/mol. The van der Waals surface area contributed by atoms with Crippen LogP contribution in [0, 0.1) is 0 Å². The molecule has 0 spiro atoms. The zero-order chi connectivity index (χ0) is 13.8. The van der Waals surface area contributed by atoms with Gasteiger partial charge in [0.1, 0.15) is 0 Å². The molecular weight excluding hydrogens is 252 g/mol. The summed E-state index contributed by atoms with van der Waals surface area (Å²) in [5.41, 5.74) is 0.0510. The smallest absolute Gasteiger partial charge is 0.356 e. The van der Waals surface area contributed by atoms with Crippen LogP contribution in [0.5, 0.6) is 0 Å². The quantitative estimate of drug-likeness (QED) is 0.801. The molecule has 0 radical (unpaired) electrons. The minimum absolute atomic E-state index is 0.203. The van der Waals surface area contributed by atoms with Crippen molar-refractivity contribution in [2.45, 2.75) is 6.92 Å². The normalized spacial score (nSPS) is 10.2. The van der Waals surface area contributed by atoms with Gasteiger partial charge in [-0.15, -0.1) is 0 Å². The van der Waals surface area contributed by atoms with Crippen LogP contribution in [0.3, 0.4) is 0 Å². The molecule has 0 aliphatic heterocycles. The fourth-order valence-corrected chi connectivity index (χ4v) is 1.34. The van der Waals surface area contributed by atoms with Crippen molar-refractivity contribution in [3.63, 3.8) is 0 Å². The summed E-state index contributed by atoms with van der Waals surface area (Å²) in [6.07, 6.45) is 5.18. The molecule has 19 heavy (non-hydrogen) atoms. The molecule has 0 amide bonds. The first-order valence-corrected chi connectivity index (χ1v) is 5.39. The second kappa shape index (κ2) is 5.25. The van der Waals surface area contributed by atoms with Crippen molar-refractivity contribution in [2.24, 2.45) is 0 Å². The van der Waals surface area contributed by atoms with Crippen LogP contribution < -0.4 is 0 Å². The van der Waals surface area contributed by atoms with Crippen molar-refractivity contribution in [1.29, 1.82) is 0 Å². The van der Waals surface area contributed by atoms with Gasteiger partial charge in [-0.2, -0.15) is 5.10 Å². The number of aromatic nitrogens is 4. The summed E-state index contributed by atoms with van der Waals surface area (Å²) in [5.74, 6) is -1.49. The van der Waals surface area contributed by atoms with Crippen LogP contribution >= 0.6 is 0 Å². The lowest BCUT2D eigenvalue weighted by Crippen LogP contribution is -2.07. The molecule has 8 nitrogen and oxygen atoms in total. The molecular formula is C11H10N4O4. The van der Waals surface area contributed by atoms with E-state index in [0.29, 0.717) is 0 Å². The van der Waals surface area contributed by atoms with E-state index in [1.807, 2.05) is 0 Å². The number of carboxylic acid groups (broad SMARTS) is 1. The second-order valence-electron chi connectivity index (χ2n) is 3.46. The Morgan fingerprint density at radius 3 is 2.84 bits per heavy atom. The van der Waals surface area contributed by atoms with E-state index < -0.39 is 11.9 Å². The van der Waals surface area contributed by atoms with E-state index in [-0.39, 0.29) is 23.7 Å². The molecule has 0 fully saturated rings. The van der Waals surface area contributed by atoms with Crippen LogP contribution in [-0.2, 0) is 4.74 Å². The summed E-state index contributed by atoms with van der Waals surface area (Å²) in [4.78, 5) is 29.8. The molecule has 2 rings (SSSR count). The third-order valence-electron chi connectivity index (χ3n) is 2.17. The Hall–Kier alpha value is -2.77. The maximum absolute atomic E-state index is 11.5. The van der Waals surface area contributed by atoms with Gasteiger partial charge in [0.15, 0.2) is 11.5 Å². The number of nitrogens with zero attached hydrogens (tertiary/aromatic N) is 4. The summed E-state index contributed by atoms with van der Waals surface area (Å²) in [7, 11) is 0. The second-order valence-corrected chi connectivity index (χ2v) is 3.46. The molecule has 0 saturated heterocycles. The predicted octanol–water partition coefficient (Wildman–Crippen LogP) is 0.537. The Morgan fingerprint density at radius 1 is 1.37 bits per heavy atom. The highest BCUT2D eigenvalue weighted by molar-refractivity contribution is 5.88. The van der Waals surface area contributed by atoms with E-state index in [1.165, 1.54) is 23.3 Å². The average molecular weight is 262 g/mol. The molecule has 2 aromatic heterocycles. The van der Waals surface area contributed by atoms with Gasteiger partial charge in [-0.1, -0.05) is 0 Å². The number of hydrogen-bond donors (Lipinski definition) is 1. The predicted molar refractivity (Wildman–Crippen MR) is 62.1 cm³/mol. The molecule has 1 N–H and O–H groups in total. The van der Waals surface area contributed by atoms with Gasteiger partial charge in [0.05, 0.1) is 30.8 Å². The van der Waals surface area contributed by atoms with Crippen molar-refractivity contribution >= 4 is 11.9 Å². The van der Waals surface area contributed by atoms with Gasteiger partial charge in [0.25, 0.3) is 0 Å². The first-order chi connectivity index (χ1) is 9.11. The van der Waals surface area contributed by atoms with Crippen molar-refractivity contribution in [2.75, 3.05) is 6.61 Å². The number of carboxylic acids is 1. The zero-order valence-corrected chi connectivity index (χ0v) is 9.98. The van der Waals surface area contributed by atoms with Gasteiger partial charge in [0, 0.05) is 6.20 Å². The van der Waals surface area contributed by atoms with Crippen molar-refractivity contribution < 1.29 is 19.4 Å². The van der Waals surface area contributed by atoms with Crippen molar-refractivity contribution in [1.82, 2.24) is 19.7 Å². The Morgan fingerprint density at radius 2 is 2.16 bits per heavy atom. The summed E-state index contributed by atoms with van der Waals surface area (Å²) < 4.78 is 6.07. The van der Waals surface area contributed by atoms with E-state index in [9.17, 15) is 9.59 Å².